The minimum Gasteiger partial charge on any atom is -0.462 e. The van der Waals surface area contributed by atoms with Gasteiger partial charge in [0.25, 0.3) is 11.8 Å². The highest BCUT2D eigenvalue weighted by molar-refractivity contribution is 7.15. The van der Waals surface area contributed by atoms with E-state index in [1.165, 1.54) is 11.3 Å². The molecule has 37 heavy (non-hydrogen) atoms. The lowest BCUT2D eigenvalue weighted by molar-refractivity contribution is -0.120. The van der Waals surface area contributed by atoms with E-state index in [1.807, 2.05) is 45.0 Å². The van der Waals surface area contributed by atoms with Gasteiger partial charge in [-0.15, -0.1) is 11.3 Å². The van der Waals surface area contributed by atoms with Crippen LogP contribution in [0.1, 0.15) is 70.3 Å². The molecule has 0 saturated heterocycles. The number of ether oxygens (including phenoxy) is 1. The number of thiophene rings is 1. The first-order valence-electron chi connectivity index (χ1n) is 12.4. The van der Waals surface area contributed by atoms with E-state index in [0.29, 0.717) is 34.5 Å². The summed E-state index contributed by atoms with van der Waals surface area (Å²) in [5.74, 6) is -1.77. The second-order valence-electron chi connectivity index (χ2n) is 9.44. The Balaban J connectivity index is 1.69. The average molecular weight is 519 g/mol. The number of fused-ring (bicyclic) bond motifs is 1. The summed E-state index contributed by atoms with van der Waals surface area (Å²) in [6.07, 6.45) is 0.940. The summed E-state index contributed by atoms with van der Waals surface area (Å²) < 4.78 is 5.31. The van der Waals surface area contributed by atoms with Gasteiger partial charge in [0.05, 0.1) is 17.7 Å². The number of hydrogen-bond donors (Lipinski definition) is 1. The van der Waals surface area contributed by atoms with Crippen LogP contribution in [0.3, 0.4) is 0 Å². The summed E-state index contributed by atoms with van der Waals surface area (Å²) in [7, 11) is 0. The standard InChI is InChI=1S/C29H30N2O5S/c1-5-36-29(35)24-22(19-13-11-18(4)12-14-19)16-37-26(24)30-25(32)23(15-10-17(2)3)31-27(33)20-8-6-7-9-21(20)28(31)34/h6-9,11-14,16-17,23H,5,10,15H2,1-4H3,(H,30,32). The zero-order valence-corrected chi connectivity index (χ0v) is 22.2. The second kappa shape index (κ2) is 11.1. The van der Waals surface area contributed by atoms with Gasteiger partial charge in [0, 0.05) is 10.9 Å². The first-order valence-corrected chi connectivity index (χ1v) is 13.2. The van der Waals surface area contributed by atoms with Crippen molar-refractivity contribution >= 4 is 40.0 Å². The molecule has 1 aliphatic rings. The highest BCUT2D eigenvalue weighted by Crippen LogP contribution is 2.37. The maximum atomic E-state index is 13.7. The van der Waals surface area contributed by atoms with Crippen molar-refractivity contribution in [2.24, 2.45) is 5.92 Å². The zero-order chi connectivity index (χ0) is 26.7. The monoisotopic (exact) mass is 518 g/mol. The van der Waals surface area contributed by atoms with Crippen LogP contribution in [0, 0.1) is 12.8 Å². The highest BCUT2D eigenvalue weighted by Gasteiger charge is 2.42. The third kappa shape index (κ3) is 5.34. The Kier molecular flexibility index (Phi) is 7.88. The number of anilines is 1. The van der Waals surface area contributed by atoms with Gasteiger partial charge in [0.15, 0.2) is 0 Å². The normalized spacial score (nSPS) is 13.6. The Morgan fingerprint density at radius 1 is 0.946 bits per heavy atom. The molecule has 2 heterocycles. The molecule has 2 aromatic carbocycles. The van der Waals surface area contributed by atoms with E-state index in [9.17, 15) is 19.2 Å². The van der Waals surface area contributed by atoms with Crippen LogP contribution in [0.4, 0.5) is 5.00 Å². The molecule has 0 fully saturated rings. The van der Waals surface area contributed by atoms with E-state index in [4.69, 9.17) is 4.74 Å². The Labute approximate surface area is 220 Å². The minimum absolute atomic E-state index is 0.182. The van der Waals surface area contributed by atoms with E-state index in [1.54, 1.807) is 36.6 Å². The summed E-state index contributed by atoms with van der Waals surface area (Å²) in [4.78, 5) is 54.1. The van der Waals surface area contributed by atoms with E-state index in [2.05, 4.69) is 5.32 Å². The van der Waals surface area contributed by atoms with Gasteiger partial charge in [-0.05, 0) is 50.3 Å². The Morgan fingerprint density at radius 3 is 2.14 bits per heavy atom. The number of carbonyl (C=O) groups is 4. The van der Waals surface area contributed by atoms with Gasteiger partial charge in [-0.2, -0.15) is 0 Å². The molecule has 0 aliphatic carbocycles. The Hall–Kier alpha value is -3.78. The highest BCUT2D eigenvalue weighted by atomic mass is 32.1. The van der Waals surface area contributed by atoms with Gasteiger partial charge in [0.2, 0.25) is 5.91 Å². The number of hydrogen-bond acceptors (Lipinski definition) is 6. The molecule has 7 nitrogen and oxygen atoms in total. The summed E-state index contributed by atoms with van der Waals surface area (Å²) in [6.45, 7) is 7.91. The molecule has 0 saturated carbocycles. The number of esters is 1. The van der Waals surface area contributed by atoms with Crippen molar-refractivity contribution in [3.63, 3.8) is 0 Å². The molecule has 3 amide bonds. The second-order valence-corrected chi connectivity index (χ2v) is 10.3. The van der Waals surface area contributed by atoms with Crippen molar-refractivity contribution in [2.45, 2.75) is 46.6 Å². The predicted octanol–water partition coefficient (Wildman–Crippen LogP) is 5.94. The lowest BCUT2D eigenvalue weighted by atomic mass is 10.0. The summed E-state index contributed by atoms with van der Waals surface area (Å²) in [6, 6.07) is 13.3. The molecule has 0 radical (unpaired) electrons. The maximum absolute atomic E-state index is 13.7. The van der Waals surface area contributed by atoms with Gasteiger partial charge in [-0.3, -0.25) is 19.3 Å². The molecule has 1 aliphatic heterocycles. The number of nitrogens with zero attached hydrogens (tertiary/aromatic N) is 1. The van der Waals surface area contributed by atoms with Crippen LogP contribution < -0.4 is 5.32 Å². The summed E-state index contributed by atoms with van der Waals surface area (Å²) >= 11 is 1.21. The third-order valence-electron chi connectivity index (χ3n) is 6.33. The van der Waals surface area contributed by atoms with Crippen molar-refractivity contribution in [2.75, 3.05) is 11.9 Å². The Morgan fingerprint density at radius 2 is 1.57 bits per heavy atom. The molecule has 3 aromatic rings. The number of amides is 3. The largest absolute Gasteiger partial charge is 0.462 e. The number of aryl methyl sites for hydroxylation is 1. The van der Waals surface area contributed by atoms with Crippen LogP contribution in [0.25, 0.3) is 11.1 Å². The van der Waals surface area contributed by atoms with Crippen molar-refractivity contribution in [3.05, 3.63) is 76.2 Å². The topological polar surface area (TPSA) is 92.8 Å². The molecular weight excluding hydrogens is 488 g/mol. The van der Waals surface area contributed by atoms with E-state index < -0.39 is 29.7 Å². The average Bonchev–Trinajstić information content (AvgIpc) is 3.39. The summed E-state index contributed by atoms with van der Waals surface area (Å²) in [5, 5.41) is 4.98. The molecule has 8 heteroatoms. The molecule has 1 atom stereocenters. The van der Waals surface area contributed by atoms with Crippen LogP contribution in [-0.2, 0) is 9.53 Å². The quantitative estimate of drug-likeness (QED) is 0.280. The smallest absolute Gasteiger partial charge is 0.341 e. The van der Waals surface area contributed by atoms with Crippen molar-refractivity contribution in [1.29, 1.82) is 0 Å². The molecular formula is C29H30N2O5S. The zero-order valence-electron chi connectivity index (χ0n) is 21.4. The van der Waals surface area contributed by atoms with E-state index in [-0.39, 0.29) is 18.1 Å². The van der Waals surface area contributed by atoms with Crippen LogP contribution >= 0.6 is 11.3 Å². The fraction of sp³-hybridized carbons (Fsp3) is 0.310. The van der Waals surface area contributed by atoms with Crippen molar-refractivity contribution in [1.82, 2.24) is 4.90 Å². The Bertz CT molecular complexity index is 1310. The fourth-order valence-electron chi connectivity index (χ4n) is 4.36. The van der Waals surface area contributed by atoms with E-state index in [0.717, 1.165) is 16.0 Å². The molecule has 192 valence electrons. The molecule has 4 rings (SSSR count). The lowest BCUT2D eigenvalue weighted by Gasteiger charge is -2.26. The molecule has 1 N–H and O–H groups in total. The van der Waals surface area contributed by atoms with Crippen LogP contribution in [0.15, 0.2) is 53.9 Å². The van der Waals surface area contributed by atoms with Crippen LogP contribution in [0.5, 0.6) is 0 Å². The third-order valence-corrected chi connectivity index (χ3v) is 7.22. The predicted molar refractivity (Wildman–Crippen MR) is 144 cm³/mol. The summed E-state index contributed by atoms with van der Waals surface area (Å²) in [5.41, 5.74) is 3.40. The molecule has 0 spiro atoms. The molecule has 0 bridgehead atoms. The van der Waals surface area contributed by atoms with Crippen LogP contribution in [0.2, 0.25) is 0 Å². The number of benzene rings is 2. The maximum Gasteiger partial charge on any atom is 0.341 e. The fourth-order valence-corrected chi connectivity index (χ4v) is 5.32. The van der Waals surface area contributed by atoms with Crippen LogP contribution in [-0.4, -0.2) is 41.2 Å². The van der Waals surface area contributed by atoms with Crippen molar-refractivity contribution in [3.8, 4) is 11.1 Å². The number of carbonyl (C=O) groups excluding carboxylic acids is 4. The number of imide groups is 1. The van der Waals surface area contributed by atoms with Gasteiger partial charge < -0.3 is 10.1 Å². The SMILES string of the molecule is CCOC(=O)c1c(-c2ccc(C)cc2)csc1NC(=O)C(CCC(C)C)N1C(=O)c2ccccc2C1=O. The lowest BCUT2D eigenvalue weighted by Crippen LogP contribution is -2.47. The van der Waals surface area contributed by atoms with E-state index >= 15 is 0 Å². The minimum atomic E-state index is -1.02. The first kappa shape index (κ1) is 26.3. The number of rotatable bonds is 9. The van der Waals surface area contributed by atoms with Gasteiger partial charge >= 0.3 is 5.97 Å². The molecule has 1 unspecified atom stereocenters. The van der Waals surface area contributed by atoms with Crippen molar-refractivity contribution < 1.29 is 23.9 Å². The first-order chi connectivity index (χ1) is 17.7. The van der Waals surface area contributed by atoms with Gasteiger partial charge in [-0.25, -0.2) is 4.79 Å². The number of nitrogens with one attached hydrogen (secondary N) is 1. The van der Waals surface area contributed by atoms with Gasteiger partial charge in [-0.1, -0.05) is 55.8 Å². The molecule has 1 aromatic heterocycles. The van der Waals surface area contributed by atoms with Gasteiger partial charge in [0.1, 0.15) is 16.6 Å².